The highest BCUT2D eigenvalue weighted by molar-refractivity contribution is 4.89. The first-order chi connectivity index (χ1) is 6.61. The Morgan fingerprint density at radius 2 is 1.86 bits per heavy atom. The van der Waals surface area contributed by atoms with E-state index in [9.17, 15) is 15.3 Å². The first kappa shape index (κ1) is 11.4. The molecule has 0 amide bonds. The number of aliphatic hydroxyl groups excluding tert-OH is 4. The summed E-state index contributed by atoms with van der Waals surface area (Å²) >= 11 is 0. The Balaban J connectivity index is 2.67. The van der Waals surface area contributed by atoms with Crippen LogP contribution < -0.4 is 0 Å². The van der Waals surface area contributed by atoms with E-state index in [4.69, 9.17) is 14.6 Å². The highest BCUT2D eigenvalue weighted by atomic mass is 16.7. The van der Waals surface area contributed by atoms with Gasteiger partial charge in [-0.15, -0.1) is 0 Å². The summed E-state index contributed by atoms with van der Waals surface area (Å²) in [6, 6.07) is 0. The van der Waals surface area contributed by atoms with Gasteiger partial charge in [-0.25, -0.2) is 0 Å². The summed E-state index contributed by atoms with van der Waals surface area (Å²) in [6.07, 6.45) is -5.16. The molecule has 6 nitrogen and oxygen atoms in total. The maximum atomic E-state index is 9.36. The lowest BCUT2D eigenvalue weighted by Gasteiger charge is -2.38. The molecule has 0 aromatic rings. The fraction of sp³-hybridized carbons (Fsp3) is 0.750. The van der Waals surface area contributed by atoms with Gasteiger partial charge in [0.05, 0.1) is 12.9 Å². The Morgan fingerprint density at radius 3 is 2.36 bits per heavy atom. The largest absolute Gasteiger partial charge is 0.470 e. The van der Waals surface area contributed by atoms with Crippen molar-refractivity contribution >= 4 is 0 Å². The third-order valence-electron chi connectivity index (χ3n) is 2.08. The van der Waals surface area contributed by atoms with E-state index < -0.39 is 37.3 Å². The van der Waals surface area contributed by atoms with E-state index in [1.807, 2.05) is 0 Å². The molecule has 14 heavy (non-hydrogen) atoms. The minimum absolute atomic E-state index is 0.470. The van der Waals surface area contributed by atoms with Crippen LogP contribution in [0.1, 0.15) is 0 Å². The highest BCUT2D eigenvalue weighted by Crippen LogP contribution is 2.21. The Labute approximate surface area is 81.0 Å². The predicted octanol–water partition coefficient (Wildman–Crippen LogP) is -2.05. The van der Waals surface area contributed by atoms with E-state index in [0.717, 1.165) is 6.26 Å². The Morgan fingerprint density at radius 1 is 1.21 bits per heavy atom. The summed E-state index contributed by atoms with van der Waals surface area (Å²) in [4.78, 5) is 0. The maximum Gasteiger partial charge on any atom is 0.228 e. The van der Waals surface area contributed by atoms with Crippen LogP contribution in [0, 0.1) is 0 Å². The normalized spacial score (nSPS) is 43.3. The first-order valence-electron chi connectivity index (χ1n) is 4.18. The van der Waals surface area contributed by atoms with Crippen LogP contribution in [0.5, 0.6) is 0 Å². The van der Waals surface area contributed by atoms with Gasteiger partial charge in [0.15, 0.2) is 0 Å². The van der Waals surface area contributed by atoms with Gasteiger partial charge in [0.1, 0.15) is 24.4 Å². The van der Waals surface area contributed by atoms with Crippen molar-refractivity contribution in [2.45, 2.75) is 30.7 Å². The molecule has 0 aliphatic carbocycles. The van der Waals surface area contributed by atoms with Crippen molar-refractivity contribution in [2.75, 3.05) is 6.61 Å². The Kier molecular flexibility index (Phi) is 3.85. The van der Waals surface area contributed by atoms with E-state index in [-0.39, 0.29) is 0 Å². The van der Waals surface area contributed by atoms with Gasteiger partial charge >= 0.3 is 0 Å². The summed E-state index contributed by atoms with van der Waals surface area (Å²) in [7, 11) is 0. The fourth-order valence-corrected chi connectivity index (χ4v) is 1.27. The second-order valence-electron chi connectivity index (χ2n) is 3.00. The number of rotatable bonds is 3. The van der Waals surface area contributed by atoms with Crippen LogP contribution in [0.2, 0.25) is 0 Å². The van der Waals surface area contributed by atoms with E-state index in [1.54, 1.807) is 0 Å². The second-order valence-corrected chi connectivity index (χ2v) is 3.00. The number of ether oxygens (including phenoxy) is 2. The lowest BCUT2D eigenvalue weighted by molar-refractivity contribution is -0.287. The molecule has 1 aliphatic heterocycles. The molecule has 4 N–H and O–H groups in total. The molecule has 1 fully saturated rings. The summed E-state index contributed by atoms with van der Waals surface area (Å²) in [5.74, 6) is 0. The molecule has 5 atom stereocenters. The quantitative estimate of drug-likeness (QED) is 0.396. The van der Waals surface area contributed by atoms with E-state index >= 15 is 0 Å². The first-order valence-corrected chi connectivity index (χ1v) is 4.18. The molecule has 1 rings (SSSR count). The summed E-state index contributed by atoms with van der Waals surface area (Å²) in [5, 5.41) is 36.8. The van der Waals surface area contributed by atoms with Crippen LogP contribution in [0.3, 0.4) is 0 Å². The average molecular weight is 206 g/mol. The molecule has 0 saturated carbocycles. The van der Waals surface area contributed by atoms with Crippen molar-refractivity contribution in [2.24, 2.45) is 0 Å². The van der Waals surface area contributed by atoms with Gasteiger partial charge < -0.3 is 29.9 Å². The third kappa shape index (κ3) is 2.05. The zero-order valence-corrected chi connectivity index (χ0v) is 7.48. The number of hydrogen-bond donors (Lipinski definition) is 4. The maximum absolute atomic E-state index is 9.36. The van der Waals surface area contributed by atoms with Gasteiger partial charge in [0.25, 0.3) is 0 Å². The van der Waals surface area contributed by atoms with E-state index in [1.165, 1.54) is 0 Å². The molecule has 6 heteroatoms. The number of aliphatic hydroxyl groups is 4. The second kappa shape index (κ2) is 4.72. The Bertz CT molecular complexity index is 194. The topological polar surface area (TPSA) is 99.4 Å². The van der Waals surface area contributed by atoms with E-state index in [0.29, 0.717) is 0 Å². The van der Waals surface area contributed by atoms with E-state index in [2.05, 4.69) is 6.58 Å². The molecule has 1 unspecified atom stereocenters. The molecular formula is C8H14O6. The molecule has 0 aromatic heterocycles. The molecule has 1 aliphatic rings. The van der Waals surface area contributed by atoms with Crippen molar-refractivity contribution in [3.63, 3.8) is 0 Å². The van der Waals surface area contributed by atoms with Crippen molar-refractivity contribution in [3.8, 4) is 0 Å². The SMILES string of the molecule is C=COC1O[C@H](CO)[C@H](O)[C@H](O)[C@H]1O. The van der Waals surface area contributed by atoms with Crippen LogP contribution >= 0.6 is 0 Å². The van der Waals surface area contributed by atoms with Gasteiger partial charge in [-0.05, 0) is 0 Å². The highest BCUT2D eigenvalue weighted by Gasteiger charge is 2.44. The molecule has 0 bridgehead atoms. The zero-order chi connectivity index (χ0) is 10.7. The summed E-state index contributed by atoms with van der Waals surface area (Å²) in [5.41, 5.74) is 0. The van der Waals surface area contributed by atoms with Crippen LogP contribution in [0.25, 0.3) is 0 Å². The van der Waals surface area contributed by atoms with Crippen LogP contribution in [0.15, 0.2) is 12.8 Å². The molecule has 1 saturated heterocycles. The van der Waals surface area contributed by atoms with Gasteiger partial charge in [0, 0.05) is 0 Å². The summed E-state index contributed by atoms with van der Waals surface area (Å²) in [6.45, 7) is 2.79. The molecule has 0 spiro atoms. The van der Waals surface area contributed by atoms with Crippen molar-refractivity contribution < 1.29 is 29.9 Å². The Hall–Kier alpha value is -0.660. The van der Waals surface area contributed by atoms with Crippen molar-refractivity contribution in [1.29, 1.82) is 0 Å². The minimum atomic E-state index is -1.41. The lowest BCUT2D eigenvalue weighted by atomic mass is 9.99. The molecular weight excluding hydrogens is 192 g/mol. The number of hydrogen-bond acceptors (Lipinski definition) is 6. The third-order valence-corrected chi connectivity index (χ3v) is 2.08. The van der Waals surface area contributed by atoms with Gasteiger partial charge in [-0.2, -0.15) is 0 Å². The molecule has 82 valence electrons. The molecule has 0 aromatic carbocycles. The lowest BCUT2D eigenvalue weighted by Crippen LogP contribution is -2.58. The summed E-state index contributed by atoms with van der Waals surface area (Å²) < 4.78 is 9.72. The van der Waals surface area contributed by atoms with Crippen LogP contribution in [-0.4, -0.2) is 57.7 Å². The van der Waals surface area contributed by atoms with Gasteiger partial charge in [-0.1, -0.05) is 6.58 Å². The average Bonchev–Trinajstić information content (AvgIpc) is 2.19. The molecule has 1 heterocycles. The predicted molar refractivity (Wildman–Crippen MR) is 45.0 cm³/mol. The van der Waals surface area contributed by atoms with Crippen molar-refractivity contribution in [3.05, 3.63) is 12.8 Å². The standard InChI is InChI=1S/C8H14O6/c1-2-13-8-7(12)6(11)5(10)4(3-9)14-8/h2,4-12H,1,3H2/t4-,5+,6+,7-,8?/m1/s1. The smallest absolute Gasteiger partial charge is 0.228 e. The van der Waals surface area contributed by atoms with Crippen molar-refractivity contribution in [1.82, 2.24) is 0 Å². The zero-order valence-electron chi connectivity index (χ0n) is 7.48. The van der Waals surface area contributed by atoms with Gasteiger partial charge in [0.2, 0.25) is 6.29 Å². The van der Waals surface area contributed by atoms with Gasteiger partial charge in [-0.3, -0.25) is 0 Å². The minimum Gasteiger partial charge on any atom is -0.470 e. The molecule has 0 radical (unpaired) electrons. The fourth-order valence-electron chi connectivity index (χ4n) is 1.27. The van der Waals surface area contributed by atoms with Crippen LogP contribution in [-0.2, 0) is 9.47 Å². The van der Waals surface area contributed by atoms with Crippen LogP contribution in [0.4, 0.5) is 0 Å². The monoisotopic (exact) mass is 206 g/mol.